The number of fused-ring (bicyclic) bond motifs is 1. The number of rotatable bonds is 7. The lowest BCUT2D eigenvalue weighted by Gasteiger charge is -2.12. The van der Waals surface area contributed by atoms with Crippen LogP contribution in [0.25, 0.3) is 22.2 Å². The van der Waals surface area contributed by atoms with Crippen molar-refractivity contribution in [2.45, 2.75) is 24.8 Å². The monoisotopic (exact) mass is 452 g/mol. The van der Waals surface area contributed by atoms with Gasteiger partial charge in [0.2, 0.25) is 10.0 Å². The van der Waals surface area contributed by atoms with Crippen molar-refractivity contribution < 1.29 is 12.8 Å². The largest absolute Gasteiger partial charge is 0.327 e. The van der Waals surface area contributed by atoms with Crippen molar-refractivity contribution in [1.82, 2.24) is 13.9 Å². The van der Waals surface area contributed by atoms with Gasteiger partial charge in [-0.3, -0.25) is 0 Å². The Morgan fingerprint density at radius 2 is 1.87 bits per heavy atom. The smallest absolute Gasteiger partial charge is 0.242 e. The average molecular weight is 453 g/mol. The van der Waals surface area contributed by atoms with Crippen LogP contribution in [0.15, 0.2) is 59.3 Å². The predicted molar refractivity (Wildman–Crippen MR) is 121 cm³/mol. The van der Waals surface area contributed by atoms with Crippen LogP contribution in [0, 0.1) is 0 Å². The zero-order chi connectivity index (χ0) is 21.2. The summed E-state index contributed by atoms with van der Waals surface area (Å²) in [5, 5.41) is 0. The normalized spacial score (nSPS) is 12.4. The Kier molecular flexibility index (Phi) is 7.76. The predicted octanol–water partition coefficient (Wildman–Crippen LogP) is 3.75. The fourth-order valence-electron chi connectivity index (χ4n) is 3.24. The number of aromatic nitrogens is 2. The van der Waals surface area contributed by atoms with E-state index in [1.54, 1.807) is 24.3 Å². The second kappa shape index (κ2) is 9.70. The molecule has 3 aromatic rings. The molecule has 0 aliphatic carbocycles. The van der Waals surface area contributed by atoms with Gasteiger partial charge in [-0.05, 0) is 29.8 Å². The van der Waals surface area contributed by atoms with Gasteiger partial charge in [0, 0.05) is 32.6 Å². The van der Waals surface area contributed by atoms with Crippen LogP contribution in [-0.2, 0) is 23.0 Å². The van der Waals surface area contributed by atoms with Gasteiger partial charge >= 0.3 is 0 Å². The Hall–Kier alpha value is -2.26. The molecule has 0 saturated carbocycles. The molecule has 6 nitrogen and oxygen atoms in total. The maximum absolute atomic E-state index is 14.1. The zero-order valence-electron chi connectivity index (χ0n) is 17.2. The highest BCUT2D eigenvalue weighted by molar-refractivity contribution is 7.89. The van der Waals surface area contributed by atoms with E-state index in [0.29, 0.717) is 6.42 Å². The Balaban J connectivity index is 0.00000320. The topological polar surface area (TPSA) is 81.2 Å². The Labute approximate surface area is 182 Å². The number of halogens is 2. The molecule has 0 aliphatic rings. The van der Waals surface area contributed by atoms with E-state index in [4.69, 9.17) is 10.7 Å². The first kappa shape index (κ1) is 24.0. The minimum Gasteiger partial charge on any atom is -0.327 e. The summed E-state index contributed by atoms with van der Waals surface area (Å²) in [7, 11) is -0.486. The minimum atomic E-state index is -3.49. The first-order valence-corrected chi connectivity index (χ1v) is 10.8. The number of nitrogens with two attached hydrogens (primary N) is 1. The molecule has 0 fully saturated rings. The van der Waals surface area contributed by atoms with Crippen molar-refractivity contribution >= 4 is 33.5 Å². The lowest BCUT2D eigenvalue weighted by atomic mass is 10.0. The SMILES string of the molecule is CCc1nc2c(-c3ccc(S(=O)(=O)N(C)C)cc3)cccc2n1C/C(F)=C/CN.Cl. The molecule has 2 N–H and O–H groups in total. The Morgan fingerprint density at radius 1 is 1.20 bits per heavy atom. The number of sulfonamides is 1. The molecule has 0 atom stereocenters. The quantitative estimate of drug-likeness (QED) is 0.592. The van der Waals surface area contributed by atoms with Gasteiger partial charge in [-0.15, -0.1) is 12.4 Å². The van der Waals surface area contributed by atoms with Crippen LogP contribution in [0.2, 0.25) is 0 Å². The average Bonchev–Trinajstić information content (AvgIpc) is 3.05. The summed E-state index contributed by atoms with van der Waals surface area (Å²) >= 11 is 0. The van der Waals surface area contributed by atoms with Crippen molar-refractivity contribution in [2.24, 2.45) is 5.73 Å². The van der Waals surface area contributed by atoms with Gasteiger partial charge in [0.15, 0.2) is 0 Å². The van der Waals surface area contributed by atoms with E-state index in [-0.39, 0.29) is 36.2 Å². The third-order valence-corrected chi connectivity index (χ3v) is 6.60. The molecular weight excluding hydrogens is 427 g/mol. The number of nitrogens with zero attached hydrogens (tertiary/aromatic N) is 3. The molecule has 0 aliphatic heterocycles. The van der Waals surface area contributed by atoms with E-state index in [1.165, 1.54) is 24.5 Å². The molecule has 0 unspecified atom stereocenters. The maximum atomic E-state index is 14.1. The van der Waals surface area contributed by atoms with E-state index in [9.17, 15) is 12.8 Å². The van der Waals surface area contributed by atoms with Crippen LogP contribution >= 0.6 is 12.4 Å². The second-order valence-electron chi connectivity index (χ2n) is 6.84. The van der Waals surface area contributed by atoms with E-state index in [2.05, 4.69) is 0 Å². The molecule has 0 radical (unpaired) electrons. The van der Waals surface area contributed by atoms with Gasteiger partial charge in [-0.1, -0.05) is 31.2 Å². The van der Waals surface area contributed by atoms with Crippen LogP contribution < -0.4 is 5.73 Å². The number of aryl methyl sites for hydroxylation is 1. The van der Waals surface area contributed by atoms with Gasteiger partial charge in [0.05, 0.1) is 22.5 Å². The zero-order valence-corrected chi connectivity index (χ0v) is 18.8. The van der Waals surface area contributed by atoms with Crippen LogP contribution in [-0.4, -0.2) is 42.9 Å². The lowest BCUT2D eigenvalue weighted by molar-refractivity contribution is 0.521. The van der Waals surface area contributed by atoms with E-state index < -0.39 is 10.0 Å². The molecule has 1 heterocycles. The first-order valence-electron chi connectivity index (χ1n) is 9.35. The molecular formula is C21H26ClFN4O2S. The molecule has 9 heteroatoms. The third kappa shape index (κ3) is 4.57. The molecule has 0 saturated heterocycles. The van der Waals surface area contributed by atoms with E-state index in [0.717, 1.165) is 28.0 Å². The lowest BCUT2D eigenvalue weighted by Crippen LogP contribution is -2.22. The molecule has 1 aromatic heterocycles. The maximum Gasteiger partial charge on any atom is 0.242 e. The van der Waals surface area contributed by atoms with Crippen LogP contribution in [0.3, 0.4) is 0 Å². The number of para-hydroxylation sites is 1. The Morgan fingerprint density at radius 3 is 2.43 bits per heavy atom. The highest BCUT2D eigenvalue weighted by atomic mass is 35.5. The highest BCUT2D eigenvalue weighted by Gasteiger charge is 2.18. The van der Waals surface area contributed by atoms with Gasteiger partial charge < -0.3 is 10.3 Å². The molecule has 0 spiro atoms. The van der Waals surface area contributed by atoms with Gasteiger partial charge in [0.1, 0.15) is 11.7 Å². The fourth-order valence-corrected chi connectivity index (χ4v) is 4.14. The van der Waals surface area contributed by atoms with Crippen molar-refractivity contribution in [1.29, 1.82) is 0 Å². The number of allylic oxidation sites excluding steroid dienone is 1. The summed E-state index contributed by atoms with van der Waals surface area (Å²) in [6, 6.07) is 12.4. The first-order chi connectivity index (χ1) is 13.8. The minimum absolute atomic E-state index is 0. The number of imidazole rings is 1. The standard InChI is InChI=1S/C21H25FN4O2S.ClH/c1-4-20-24-21-18(6-5-7-19(21)26(20)14-16(22)12-13-23)15-8-10-17(11-9-15)29(27,28)25(2)3;/h5-12H,4,13-14,23H2,1-3H3;1H/b16-12-;. The van der Waals surface area contributed by atoms with Crippen molar-refractivity contribution in [3.05, 3.63) is 60.2 Å². The van der Waals surface area contributed by atoms with E-state index >= 15 is 0 Å². The molecule has 0 bridgehead atoms. The summed E-state index contributed by atoms with van der Waals surface area (Å²) < 4.78 is 41.8. The van der Waals surface area contributed by atoms with E-state index in [1.807, 2.05) is 29.7 Å². The summed E-state index contributed by atoms with van der Waals surface area (Å²) in [6.45, 7) is 2.20. The highest BCUT2D eigenvalue weighted by Crippen LogP contribution is 2.30. The summed E-state index contributed by atoms with van der Waals surface area (Å²) in [5.41, 5.74) is 8.71. The van der Waals surface area contributed by atoms with Crippen LogP contribution in [0.1, 0.15) is 12.7 Å². The summed E-state index contributed by atoms with van der Waals surface area (Å²) in [6.07, 6.45) is 2.02. The number of hydrogen-bond acceptors (Lipinski definition) is 4. The molecule has 30 heavy (non-hydrogen) atoms. The van der Waals surface area contributed by atoms with Crippen molar-refractivity contribution in [3.63, 3.8) is 0 Å². The van der Waals surface area contributed by atoms with Crippen molar-refractivity contribution in [2.75, 3.05) is 20.6 Å². The van der Waals surface area contributed by atoms with Crippen molar-refractivity contribution in [3.8, 4) is 11.1 Å². The molecule has 3 rings (SSSR count). The third-order valence-electron chi connectivity index (χ3n) is 4.77. The summed E-state index contributed by atoms with van der Waals surface area (Å²) in [5.74, 6) is 0.477. The number of benzene rings is 2. The summed E-state index contributed by atoms with van der Waals surface area (Å²) in [4.78, 5) is 4.96. The van der Waals surface area contributed by atoms with Crippen LogP contribution in [0.5, 0.6) is 0 Å². The fraction of sp³-hybridized carbons (Fsp3) is 0.286. The molecule has 2 aromatic carbocycles. The Bertz CT molecular complexity index is 1160. The van der Waals surface area contributed by atoms with Gasteiger partial charge in [-0.2, -0.15) is 0 Å². The second-order valence-corrected chi connectivity index (χ2v) is 8.99. The van der Waals surface area contributed by atoms with Crippen LogP contribution in [0.4, 0.5) is 4.39 Å². The van der Waals surface area contributed by atoms with Gasteiger partial charge in [-0.25, -0.2) is 22.1 Å². The molecule has 0 amide bonds. The number of hydrogen-bond donors (Lipinski definition) is 1. The molecule has 162 valence electrons. The van der Waals surface area contributed by atoms with Gasteiger partial charge in [0.25, 0.3) is 0 Å².